The lowest BCUT2D eigenvalue weighted by molar-refractivity contribution is 0.0906. The molecule has 1 amide bonds. The van der Waals surface area contributed by atoms with E-state index in [1.807, 2.05) is 0 Å². The number of rotatable bonds is 5. The Morgan fingerprint density at radius 2 is 2.15 bits per heavy atom. The van der Waals surface area contributed by atoms with Crippen molar-refractivity contribution in [3.8, 4) is 0 Å². The second-order valence-corrected chi connectivity index (χ2v) is 5.94. The van der Waals surface area contributed by atoms with Crippen molar-refractivity contribution in [2.24, 2.45) is 11.7 Å². The van der Waals surface area contributed by atoms with Crippen LogP contribution in [0.1, 0.15) is 53.9 Å². The first-order valence-corrected chi connectivity index (χ1v) is 7.74. The van der Waals surface area contributed by atoms with E-state index >= 15 is 0 Å². The summed E-state index contributed by atoms with van der Waals surface area (Å²) >= 11 is 0.941. The molecule has 2 rings (SSSR count). The fraction of sp³-hybridized carbons (Fsp3) is 0.692. The van der Waals surface area contributed by atoms with Gasteiger partial charge in [0.05, 0.1) is 5.51 Å². The van der Waals surface area contributed by atoms with Crippen molar-refractivity contribution in [2.75, 3.05) is 6.54 Å². The van der Waals surface area contributed by atoms with Gasteiger partial charge >= 0.3 is 0 Å². The van der Waals surface area contributed by atoms with Crippen LogP contribution in [-0.4, -0.2) is 23.5 Å². The average molecular weight is 303 g/mol. The second-order valence-electron chi connectivity index (χ2n) is 5.08. The molecular formula is C13H19F2N3OS. The predicted molar refractivity (Wildman–Crippen MR) is 74.0 cm³/mol. The van der Waals surface area contributed by atoms with Crippen LogP contribution in [0.15, 0.2) is 5.51 Å². The Kier molecular flexibility index (Phi) is 5.42. The Morgan fingerprint density at radius 1 is 1.45 bits per heavy atom. The van der Waals surface area contributed by atoms with Gasteiger partial charge < -0.3 is 11.1 Å². The molecule has 3 N–H and O–H groups in total. The van der Waals surface area contributed by atoms with E-state index in [-0.39, 0.29) is 10.9 Å². The Bertz CT molecular complexity index is 447. The van der Waals surface area contributed by atoms with Crippen LogP contribution in [0.5, 0.6) is 0 Å². The molecule has 112 valence electrons. The Balaban J connectivity index is 2.03. The number of thiazole rings is 1. The molecule has 0 saturated heterocycles. The zero-order chi connectivity index (χ0) is 14.5. The van der Waals surface area contributed by atoms with Gasteiger partial charge in [-0.15, -0.1) is 11.3 Å². The van der Waals surface area contributed by atoms with Crippen LogP contribution >= 0.6 is 11.3 Å². The van der Waals surface area contributed by atoms with Crippen LogP contribution in [0.4, 0.5) is 8.78 Å². The second kappa shape index (κ2) is 7.08. The minimum atomic E-state index is -2.73. The van der Waals surface area contributed by atoms with Gasteiger partial charge in [-0.25, -0.2) is 13.8 Å². The van der Waals surface area contributed by atoms with E-state index in [4.69, 9.17) is 5.73 Å². The highest BCUT2D eigenvalue weighted by molar-refractivity contribution is 7.11. The molecule has 0 spiro atoms. The maximum absolute atomic E-state index is 12.7. The number of nitrogens with two attached hydrogens (primary N) is 1. The van der Waals surface area contributed by atoms with Crippen LogP contribution in [0.2, 0.25) is 0 Å². The van der Waals surface area contributed by atoms with Crippen LogP contribution < -0.4 is 11.1 Å². The lowest BCUT2D eigenvalue weighted by Crippen LogP contribution is -2.45. The first-order chi connectivity index (χ1) is 9.63. The van der Waals surface area contributed by atoms with E-state index < -0.39 is 18.0 Å². The number of carbonyl (C=O) groups is 1. The average Bonchev–Trinajstić information content (AvgIpc) is 2.95. The van der Waals surface area contributed by atoms with Crippen molar-refractivity contribution in [3.05, 3.63) is 16.1 Å². The van der Waals surface area contributed by atoms with Gasteiger partial charge in [0.25, 0.3) is 12.3 Å². The lowest BCUT2D eigenvalue weighted by Gasteiger charge is -2.30. The molecule has 1 aromatic heterocycles. The van der Waals surface area contributed by atoms with E-state index in [2.05, 4.69) is 10.3 Å². The molecule has 0 unspecified atom stereocenters. The molecule has 1 aromatic rings. The lowest BCUT2D eigenvalue weighted by atomic mass is 9.84. The van der Waals surface area contributed by atoms with Gasteiger partial charge in [0.2, 0.25) is 0 Å². The van der Waals surface area contributed by atoms with Gasteiger partial charge in [0.1, 0.15) is 10.6 Å². The monoisotopic (exact) mass is 303 g/mol. The summed E-state index contributed by atoms with van der Waals surface area (Å²) in [7, 11) is 0. The Hall–Kier alpha value is -1.08. The molecule has 0 bridgehead atoms. The van der Waals surface area contributed by atoms with Crippen LogP contribution in [-0.2, 0) is 0 Å². The smallest absolute Gasteiger partial charge is 0.281 e. The maximum atomic E-state index is 12.7. The fourth-order valence-electron chi connectivity index (χ4n) is 2.72. The maximum Gasteiger partial charge on any atom is 0.281 e. The number of nitrogens with one attached hydrogen (secondary N) is 1. The molecular weight excluding hydrogens is 284 g/mol. The molecule has 1 saturated carbocycles. The summed E-state index contributed by atoms with van der Waals surface area (Å²) in [6.45, 7) is 0.333. The van der Waals surface area contributed by atoms with Crippen LogP contribution in [0, 0.1) is 5.92 Å². The molecule has 1 fully saturated rings. The van der Waals surface area contributed by atoms with Crippen molar-refractivity contribution < 1.29 is 13.6 Å². The summed E-state index contributed by atoms with van der Waals surface area (Å²) in [6.07, 6.45) is 2.83. The number of hydrogen-bond donors (Lipinski definition) is 2. The largest absolute Gasteiger partial charge is 0.347 e. The van der Waals surface area contributed by atoms with E-state index in [0.717, 1.165) is 37.0 Å². The van der Waals surface area contributed by atoms with Crippen molar-refractivity contribution >= 4 is 17.2 Å². The molecule has 0 aromatic carbocycles. The zero-order valence-corrected chi connectivity index (χ0v) is 12.0. The van der Waals surface area contributed by atoms with Crippen molar-refractivity contribution in [2.45, 2.75) is 44.6 Å². The summed E-state index contributed by atoms with van der Waals surface area (Å²) in [4.78, 5) is 15.7. The normalized spacial score (nSPS) is 18.2. The Morgan fingerprint density at radius 3 is 2.75 bits per heavy atom. The highest BCUT2D eigenvalue weighted by Crippen LogP contribution is 2.28. The number of carbonyl (C=O) groups excluding carboxylic acids is 1. The third-order valence-electron chi connectivity index (χ3n) is 3.80. The minimum Gasteiger partial charge on any atom is -0.347 e. The molecule has 1 atom stereocenters. The zero-order valence-electron chi connectivity index (χ0n) is 11.1. The number of alkyl halides is 2. The molecule has 4 nitrogen and oxygen atoms in total. The van der Waals surface area contributed by atoms with Crippen molar-refractivity contribution in [1.29, 1.82) is 0 Å². The topological polar surface area (TPSA) is 68.0 Å². The third-order valence-corrected chi connectivity index (χ3v) is 4.64. The number of aromatic nitrogens is 1. The van der Waals surface area contributed by atoms with Crippen LogP contribution in [0.3, 0.4) is 0 Å². The van der Waals surface area contributed by atoms with E-state index in [0.29, 0.717) is 12.5 Å². The van der Waals surface area contributed by atoms with Gasteiger partial charge in [0, 0.05) is 12.6 Å². The molecule has 7 heteroatoms. The summed E-state index contributed by atoms with van der Waals surface area (Å²) < 4.78 is 25.5. The summed E-state index contributed by atoms with van der Waals surface area (Å²) in [6, 6.07) is -0.143. The van der Waals surface area contributed by atoms with E-state index in [9.17, 15) is 13.6 Å². The molecule has 20 heavy (non-hydrogen) atoms. The summed E-state index contributed by atoms with van der Waals surface area (Å²) in [5.41, 5.74) is 6.56. The van der Waals surface area contributed by atoms with Crippen molar-refractivity contribution in [3.63, 3.8) is 0 Å². The number of halogens is 2. The first-order valence-electron chi connectivity index (χ1n) is 6.86. The first kappa shape index (κ1) is 15.3. The molecule has 1 aliphatic carbocycles. The highest BCUT2D eigenvalue weighted by atomic mass is 32.1. The fourth-order valence-corrected chi connectivity index (χ4v) is 3.42. The van der Waals surface area contributed by atoms with Gasteiger partial charge in [-0.1, -0.05) is 19.3 Å². The van der Waals surface area contributed by atoms with Gasteiger partial charge in [-0.05, 0) is 18.8 Å². The molecule has 1 aliphatic rings. The quantitative estimate of drug-likeness (QED) is 0.879. The predicted octanol–water partition coefficient (Wildman–Crippen LogP) is 2.72. The summed E-state index contributed by atoms with van der Waals surface area (Å²) in [5, 5.41) is 2.81. The SMILES string of the molecule is NC[C@H](NC(=O)c1scnc1C(F)F)C1CCCCC1. The van der Waals surface area contributed by atoms with Crippen LogP contribution in [0.25, 0.3) is 0 Å². The van der Waals surface area contributed by atoms with E-state index in [1.165, 1.54) is 11.9 Å². The molecule has 1 heterocycles. The van der Waals surface area contributed by atoms with Gasteiger partial charge in [-0.2, -0.15) is 0 Å². The molecule has 0 aliphatic heterocycles. The van der Waals surface area contributed by atoms with Gasteiger partial charge in [0.15, 0.2) is 0 Å². The third kappa shape index (κ3) is 3.52. The number of hydrogen-bond acceptors (Lipinski definition) is 4. The number of nitrogens with zero attached hydrogens (tertiary/aromatic N) is 1. The highest BCUT2D eigenvalue weighted by Gasteiger charge is 2.27. The van der Waals surface area contributed by atoms with Gasteiger partial charge in [-0.3, -0.25) is 4.79 Å². The summed E-state index contributed by atoms with van der Waals surface area (Å²) in [5.74, 6) is -0.135. The Labute approximate surface area is 120 Å². The standard InChI is InChI=1S/C13H19F2N3OS/c14-12(15)10-11(20-7-17-10)13(19)18-9(6-16)8-4-2-1-3-5-8/h7-9,12H,1-6,16H2,(H,18,19)/t9-/m0/s1. The van der Waals surface area contributed by atoms with Crippen molar-refractivity contribution in [1.82, 2.24) is 10.3 Å². The minimum absolute atomic E-state index is 0.00532. The van der Waals surface area contributed by atoms with E-state index in [1.54, 1.807) is 0 Å². The molecule has 0 radical (unpaired) electrons. The number of amides is 1.